The summed E-state index contributed by atoms with van der Waals surface area (Å²) in [5.41, 5.74) is 0. The Labute approximate surface area is 134 Å². The van der Waals surface area contributed by atoms with E-state index in [0.717, 1.165) is 44.8 Å². The lowest BCUT2D eigenvalue weighted by Crippen LogP contribution is -2.51. The van der Waals surface area contributed by atoms with Gasteiger partial charge in [0.05, 0.1) is 0 Å². The summed E-state index contributed by atoms with van der Waals surface area (Å²) < 4.78 is 1.69. The Morgan fingerprint density at radius 3 is 2.35 bits per heavy atom. The van der Waals surface area contributed by atoms with Crippen LogP contribution in [0.2, 0.25) is 0 Å². The van der Waals surface area contributed by atoms with Crippen LogP contribution in [0, 0.1) is 5.92 Å². The van der Waals surface area contributed by atoms with E-state index in [1.54, 1.807) is 10.9 Å². The molecule has 4 rings (SSSR count). The summed E-state index contributed by atoms with van der Waals surface area (Å²) in [5, 5.41) is 12.7. The first-order chi connectivity index (χ1) is 11.3. The lowest BCUT2D eigenvalue weighted by Gasteiger charge is -2.38. The second kappa shape index (κ2) is 5.98. The molecule has 1 saturated carbocycles. The largest absolute Gasteiger partial charge is 0.352 e. The van der Waals surface area contributed by atoms with Gasteiger partial charge in [-0.1, -0.05) is 6.42 Å². The van der Waals surface area contributed by atoms with Gasteiger partial charge in [0, 0.05) is 44.5 Å². The molecule has 1 aliphatic carbocycles. The molecule has 2 aliphatic rings. The third-order valence-corrected chi connectivity index (χ3v) is 4.75. The quantitative estimate of drug-likeness (QED) is 0.849. The fraction of sp³-hybridized carbons (Fsp3) is 0.500. The van der Waals surface area contributed by atoms with Crippen LogP contribution in [0.4, 0.5) is 5.82 Å². The molecule has 23 heavy (non-hydrogen) atoms. The second-order valence-corrected chi connectivity index (χ2v) is 6.14. The molecule has 2 aromatic heterocycles. The summed E-state index contributed by atoms with van der Waals surface area (Å²) in [6.45, 7) is 3.18. The summed E-state index contributed by atoms with van der Waals surface area (Å²) in [6, 6.07) is 5.74. The van der Waals surface area contributed by atoms with Gasteiger partial charge < -0.3 is 9.80 Å². The molecule has 0 N–H and O–H groups in total. The van der Waals surface area contributed by atoms with E-state index >= 15 is 0 Å². The minimum atomic E-state index is 0.287. The van der Waals surface area contributed by atoms with E-state index in [9.17, 15) is 4.79 Å². The summed E-state index contributed by atoms with van der Waals surface area (Å²) in [6.07, 6.45) is 6.90. The second-order valence-electron chi connectivity index (χ2n) is 6.14. The van der Waals surface area contributed by atoms with Gasteiger partial charge in [0.1, 0.15) is 0 Å². The Morgan fingerprint density at radius 1 is 1.04 bits per heavy atom. The fourth-order valence-electron chi connectivity index (χ4n) is 3.08. The van der Waals surface area contributed by atoms with Gasteiger partial charge in [-0.25, -0.2) is 4.68 Å². The van der Waals surface area contributed by atoms with Gasteiger partial charge in [-0.2, -0.15) is 5.10 Å². The average molecular weight is 312 g/mol. The van der Waals surface area contributed by atoms with Gasteiger partial charge in [0.15, 0.2) is 11.6 Å². The van der Waals surface area contributed by atoms with Crippen molar-refractivity contribution in [3.63, 3.8) is 0 Å². The van der Waals surface area contributed by atoms with Gasteiger partial charge in [-0.3, -0.25) is 4.79 Å². The Morgan fingerprint density at radius 2 is 1.78 bits per heavy atom. The predicted molar refractivity (Wildman–Crippen MR) is 85.3 cm³/mol. The Kier molecular flexibility index (Phi) is 3.69. The molecule has 0 aromatic carbocycles. The van der Waals surface area contributed by atoms with E-state index in [1.807, 2.05) is 29.3 Å². The molecule has 1 saturated heterocycles. The van der Waals surface area contributed by atoms with Crippen molar-refractivity contribution in [2.45, 2.75) is 19.3 Å². The van der Waals surface area contributed by atoms with Crippen LogP contribution in [0.5, 0.6) is 0 Å². The van der Waals surface area contributed by atoms with Crippen molar-refractivity contribution in [3.05, 3.63) is 30.6 Å². The minimum Gasteiger partial charge on any atom is -0.352 e. The Hall–Kier alpha value is -2.44. The molecule has 2 fully saturated rings. The van der Waals surface area contributed by atoms with Crippen LogP contribution < -0.4 is 4.90 Å². The third-order valence-electron chi connectivity index (χ3n) is 4.75. The lowest BCUT2D eigenvalue weighted by molar-refractivity contribution is -0.138. The lowest BCUT2D eigenvalue weighted by atomic mass is 9.84. The highest BCUT2D eigenvalue weighted by atomic mass is 16.2. The van der Waals surface area contributed by atoms with Crippen molar-refractivity contribution < 1.29 is 4.79 Å². The Bertz CT molecular complexity index is 656. The minimum absolute atomic E-state index is 0.287. The highest BCUT2D eigenvalue weighted by Crippen LogP contribution is 2.28. The zero-order valence-corrected chi connectivity index (χ0v) is 13.0. The number of nitrogens with zero attached hydrogens (tertiary/aromatic N) is 6. The highest BCUT2D eigenvalue weighted by Gasteiger charge is 2.31. The molecule has 0 radical (unpaired) electrons. The molecule has 1 aliphatic heterocycles. The zero-order chi connectivity index (χ0) is 15.6. The monoisotopic (exact) mass is 312 g/mol. The number of aromatic nitrogens is 4. The van der Waals surface area contributed by atoms with Crippen LogP contribution in [0.1, 0.15) is 19.3 Å². The summed E-state index contributed by atoms with van der Waals surface area (Å²) in [5.74, 6) is 2.19. The molecule has 7 nitrogen and oxygen atoms in total. The van der Waals surface area contributed by atoms with Crippen molar-refractivity contribution >= 4 is 11.7 Å². The van der Waals surface area contributed by atoms with E-state index in [1.165, 1.54) is 6.42 Å². The number of hydrogen-bond acceptors (Lipinski definition) is 5. The molecule has 0 unspecified atom stereocenters. The van der Waals surface area contributed by atoms with Crippen molar-refractivity contribution in [1.29, 1.82) is 0 Å². The number of piperazine rings is 1. The van der Waals surface area contributed by atoms with Crippen LogP contribution in [-0.4, -0.2) is 57.0 Å². The summed E-state index contributed by atoms with van der Waals surface area (Å²) in [7, 11) is 0. The molecule has 3 heterocycles. The predicted octanol–water partition coefficient (Wildman–Crippen LogP) is 1.11. The fourth-order valence-corrected chi connectivity index (χ4v) is 3.08. The molecule has 1 amide bonds. The number of carbonyl (C=O) groups excluding carboxylic acids is 1. The first-order valence-electron chi connectivity index (χ1n) is 8.19. The van der Waals surface area contributed by atoms with Crippen molar-refractivity contribution in [1.82, 2.24) is 24.9 Å². The van der Waals surface area contributed by atoms with Crippen molar-refractivity contribution in [3.8, 4) is 5.82 Å². The molecular formula is C16H20N6O. The van der Waals surface area contributed by atoms with Crippen molar-refractivity contribution in [2.24, 2.45) is 5.92 Å². The van der Waals surface area contributed by atoms with Crippen LogP contribution in [0.25, 0.3) is 5.82 Å². The normalized spacial score (nSPS) is 18.8. The Balaban J connectivity index is 1.37. The molecule has 0 atom stereocenters. The zero-order valence-electron chi connectivity index (χ0n) is 13.0. The van der Waals surface area contributed by atoms with Gasteiger partial charge in [0.2, 0.25) is 5.91 Å². The van der Waals surface area contributed by atoms with Gasteiger partial charge in [0.25, 0.3) is 0 Å². The number of hydrogen-bond donors (Lipinski definition) is 0. The summed E-state index contributed by atoms with van der Waals surface area (Å²) in [4.78, 5) is 16.5. The number of carbonyl (C=O) groups is 1. The van der Waals surface area contributed by atoms with Crippen LogP contribution >= 0.6 is 0 Å². The molecule has 120 valence electrons. The number of amides is 1. The van der Waals surface area contributed by atoms with Crippen molar-refractivity contribution in [2.75, 3.05) is 31.1 Å². The van der Waals surface area contributed by atoms with E-state index in [2.05, 4.69) is 20.2 Å². The van der Waals surface area contributed by atoms with Crippen LogP contribution in [0.3, 0.4) is 0 Å². The van der Waals surface area contributed by atoms with Crippen LogP contribution in [-0.2, 0) is 4.79 Å². The SMILES string of the molecule is O=C(C1CCC1)N1CCN(c2ccc(-n3cccn3)nn2)CC1. The van der Waals surface area contributed by atoms with E-state index < -0.39 is 0 Å². The highest BCUT2D eigenvalue weighted by molar-refractivity contribution is 5.79. The maximum atomic E-state index is 12.3. The number of anilines is 1. The smallest absolute Gasteiger partial charge is 0.225 e. The molecule has 2 aromatic rings. The first kappa shape index (κ1) is 14.2. The topological polar surface area (TPSA) is 67.2 Å². The summed E-state index contributed by atoms with van der Waals surface area (Å²) >= 11 is 0. The van der Waals surface area contributed by atoms with E-state index in [4.69, 9.17) is 0 Å². The first-order valence-corrected chi connectivity index (χ1v) is 8.19. The van der Waals surface area contributed by atoms with E-state index in [-0.39, 0.29) is 5.92 Å². The van der Waals surface area contributed by atoms with Crippen LogP contribution in [0.15, 0.2) is 30.6 Å². The maximum Gasteiger partial charge on any atom is 0.225 e. The van der Waals surface area contributed by atoms with Gasteiger partial charge in [-0.15, -0.1) is 10.2 Å². The van der Waals surface area contributed by atoms with E-state index in [0.29, 0.717) is 11.7 Å². The average Bonchev–Trinajstić information content (AvgIpc) is 3.08. The molecule has 0 spiro atoms. The number of rotatable bonds is 3. The molecule has 0 bridgehead atoms. The maximum absolute atomic E-state index is 12.3. The third kappa shape index (κ3) is 2.78. The molecule has 7 heteroatoms. The molecular weight excluding hydrogens is 292 g/mol. The standard InChI is InChI=1S/C16H20N6O/c23-16(13-3-1-4-13)21-11-9-20(10-12-21)14-5-6-15(19-18-14)22-8-2-7-17-22/h2,5-8,13H,1,3-4,9-12H2. The van der Waals surface area contributed by atoms with Gasteiger partial charge >= 0.3 is 0 Å². The van der Waals surface area contributed by atoms with Gasteiger partial charge in [-0.05, 0) is 31.0 Å².